The zero-order valence-electron chi connectivity index (χ0n) is 16.7. The highest BCUT2D eigenvalue weighted by molar-refractivity contribution is 7.91. The van der Waals surface area contributed by atoms with Crippen LogP contribution in [0, 0.1) is 6.92 Å². The second kappa shape index (κ2) is 8.91. The molecule has 1 amide bonds. The zero-order valence-corrected chi connectivity index (χ0v) is 17.5. The molecular formula is C23H29NO3S. The number of carbonyl (C=O) groups excluding carboxylic acids is 1. The smallest absolute Gasteiger partial charge is 0.223 e. The van der Waals surface area contributed by atoms with Gasteiger partial charge in [0.25, 0.3) is 0 Å². The van der Waals surface area contributed by atoms with Crippen LogP contribution in [0.25, 0.3) is 0 Å². The quantitative estimate of drug-likeness (QED) is 0.708. The van der Waals surface area contributed by atoms with Gasteiger partial charge in [-0.2, -0.15) is 0 Å². The third-order valence-corrected chi connectivity index (χ3v) is 7.24. The number of rotatable bonds is 7. The summed E-state index contributed by atoms with van der Waals surface area (Å²) in [6, 6.07) is 15.4. The van der Waals surface area contributed by atoms with E-state index in [0.29, 0.717) is 11.4 Å². The number of hydrogen-bond acceptors (Lipinski definition) is 3. The second-order valence-corrected chi connectivity index (χ2v) is 9.74. The minimum absolute atomic E-state index is 0.0361. The molecule has 0 radical (unpaired) electrons. The fraction of sp³-hybridized carbons (Fsp3) is 0.435. The Bertz CT molecular complexity index is 919. The molecule has 3 rings (SSSR count). The lowest BCUT2D eigenvalue weighted by Gasteiger charge is -2.35. The summed E-state index contributed by atoms with van der Waals surface area (Å²) < 4.78 is 25.2. The van der Waals surface area contributed by atoms with E-state index < -0.39 is 9.84 Å². The molecule has 0 bridgehead atoms. The number of fused-ring (bicyclic) bond motifs is 1. The Labute approximate surface area is 168 Å². The molecule has 1 atom stereocenters. The van der Waals surface area contributed by atoms with Gasteiger partial charge in [0.2, 0.25) is 5.91 Å². The summed E-state index contributed by atoms with van der Waals surface area (Å²) in [5, 5.41) is 0. The molecule has 1 aliphatic rings. The van der Waals surface area contributed by atoms with Gasteiger partial charge in [-0.15, -0.1) is 0 Å². The van der Waals surface area contributed by atoms with Crippen LogP contribution < -0.4 is 0 Å². The van der Waals surface area contributed by atoms with Crippen LogP contribution in [0.5, 0.6) is 0 Å². The van der Waals surface area contributed by atoms with Crippen LogP contribution >= 0.6 is 0 Å². The van der Waals surface area contributed by atoms with Crippen molar-refractivity contribution in [2.45, 2.75) is 56.9 Å². The van der Waals surface area contributed by atoms with Gasteiger partial charge in [-0.05, 0) is 55.9 Å². The molecule has 150 valence electrons. The van der Waals surface area contributed by atoms with E-state index >= 15 is 0 Å². The van der Waals surface area contributed by atoms with Gasteiger partial charge in [0.15, 0.2) is 9.84 Å². The SMILES string of the molecule is CCCN(C(=O)CCS(=O)(=O)c1ccc(C)cc1)C1CCc2ccccc2C1. The van der Waals surface area contributed by atoms with Crippen molar-refractivity contribution in [3.8, 4) is 0 Å². The molecule has 1 unspecified atom stereocenters. The zero-order chi connectivity index (χ0) is 20.1. The lowest BCUT2D eigenvalue weighted by Crippen LogP contribution is -2.44. The van der Waals surface area contributed by atoms with Crippen LogP contribution in [-0.2, 0) is 27.5 Å². The minimum atomic E-state index is -3.45. The predicted octanol–water partition coefficient (Wildman–Crippen LogP) is 3.95. The summed E-state index contributed by atoms with van der Waals surface area (Å²) in [7, 11) is -3.45. The van der Waals surface area contributed by atoms with E-state index in [-0.39, 0.29) is 24.1 Å². The maximum absolute atomic E-state index is 12.9. The van der Waals surface area contributed by atoms with Crippen LogP contribution in [0.1, 0.15) is 42.9 Å². The fourth-order valence-electron chi connectivity index (χ4n) is 3.93. The van der Waals surface area contributed by atoms with Crippen molar-refractivity contribution >= 4 is 15.7 Å². The van der Waals surface area contributed by atoms with Crippen molar-refractivity contribution in [2.75, 3.05) is 12.3 Å². The molecule has 0 aliphatic heterocycles. The Kier molecular flexibility index (Phi) is 6.55. The molecule has 1 aliphatic carbocycles. The van der Waals surface area contributed by atoms with Crippen molar-refractivity contribution in [1.29, 1.82) is 0 Å². The molecule has 5 heteroatoms. The first-order valence-electron chi connectivity index (χ1n) is 10.1. The van der Waals surface area contributed by atoms with E-state index in [1.165, 1.54) is 11.1 Å². The average Bonchev–Trinajstić information content (AvgIpc) is 2.70. The molecule has 0 spiro atoms. The van der Waals surface area contributed by atoms with Gasteiger partial charge in [-0.1, -0.05) is 48.9 Å². The number of amides is 1. The van der Waals surface area contributed by atoms with Gasteiger partial charge in [0, 0.05) is 19.0 Å². The van der Waals surface area contributed by atoms with Crippen LogP contribution in [-0.4, -0.2) is 37.6 Å². The summed E-state index contributed by atoms with van der Waals surface area (Å²) in [5.41, 5.74) is 3.69. The fourth-order valence-corrected chi connectivity index (χ4v) is 5.15. The Morgan fingerprint density at radius 3 is 2.43 bits per heavy atom. The van der Waals surface area contributed by atoms with Crippen molar-refractivity contribution in [3.05, 3.63) is 65.2 Å². The third-order valence-electron chi connectivity index (χ3n) is 5.51. The highest BCUT2D eigenvalue weighted by atomic mass is 32.2. The Morgan fingerprint density at radius 1 is 1.07 bits per heavy atom. The van der Waals surface area contributed by atoms with Crippen molar-refractivity contribution in [1.82, 2.24) is 4.90 Å². The molecule has 0 heterocycles. The third kappa shape index (κ3) is 4.82. The van der Waals surface area contributed by atoms with Crippen molar-refractivity contribution < 1.29 is 13.2 Å². The van der Waals surface area contributed by atoms with E-state index in [9.17, 15) is 13.2 Å². The minimum Gasteiger partial charge on any atom is -0.339 e. The second-order valence-electron chi connectivity index (χ2n) is 7.63. The van der Waals surface area contributed by atoms with Gasteiger partial charge in [-0.25, -0.2) is 8.42 Å². The van der Waals surface area contributed by atoms with E-state index in [4.69, 9.17) is 0 Å². The molecule has 28 heavy (non-hydrogen) atoms. The first kappa shape index (κ1) is 20.6. The largest absolute Gasteiger partial charge is 0.339 e. The predicted molar refractivity (Wildman–Crippen MR) is 112 cm³/mol. The normalized spacial score (nSPS) is 16.4. The monoisotopic (exact) mass is 399 g/mol. The number of nitrogens with zero attached hydrogens (tertiary/aromatic N) is 1. The van der Waals surface area contributed by atoms with Gasteiger partial charge >= 0.3 is 0 Å². The Morgan fingerprint density at radius 2 is 1.75 bits per heavy atom. The molecule has 0 saturated heterocycles. The van der Waals surface area contributed by atoms with Gasteiger partial charge < -0.3 is 4.90 Å². The average molecular weight is 400 g/mol. The van der Waals surface area contributed by atoms with E-state index in [1.807, 2.05) is 17.9 Å². The first-order valence-corrected chi connectivity index (χ1v) is 11.7. The lowest BCUT2D eigenvalue weighted by atomic mass is 9.87. The van der Waals surface area contributed by atoms with Crippen molar-refractivity contribution in [3.63, 3.8) is 0 Å². The number of hydrogen-bond donors (Lipinski definition) is 0. The van der Waals surface area contributed by atoms with E-state index in [0.717, 1.165) is 31.2 Å². The molecule has 0 N–H and O–H groups in total. The Hall–Kier alpha value is -2.14. The molecule has 2 aromatic rings. The molecule has 0 aromatic heterocycles. The lowest BCUT2D eigenvalue weighted by molar-refractivity contribution is -0.133. The number of carbonyl (C=O) groups is 1. The molecule has 0 fully saturated rings. The van der Waals surface area contributed by atoms with Crippen molar-refractivity contribution in [2.24, 2.45) is 0 Å². The maximum Gasteiger partial charge on any atom is 0.223 e. The van der Waals surface area contributed by atoms with Crippen LogP contribution in [0.15, 0.2) is 53.4 Å². The maximum atomic E-state index is 12.9. The topological polar surface area (TPSA) is 54.5 Å². The first-order chi connectivity index (χ1) is 13.4. The highest BCUT2D eigenvalue weighted by Crippen LogP contribution is 2.25. The van der Waals surface area contributed by atoms with E-state index in [2.05, 4.69) is 25.1 Å². The number of aryl methyl sites for hydroxylation is 2. The summed E-state index contributed by atoms with van der Waals surface area (Å²) in [5.74, 6) is -0.194. The molecule has 0 saturated carbocycles. The van der Waals surface area contributed by atoms with Gasteiger partial charge in [0.1, 0.15) is 0 Å². The highest BCUT2D eigenvalue weighted by Gasteiger charge is 2.28. The Balaban J connectivity index is 1.67. The molecule has 4 nitrogen and oxygen atoms in total. The summed E-state index contributed by atoms with van der Waals surface area (Å²) in [6.45, 7) is 4.65. The number of sulfone groups is 1. The van der Waals surface area contributed by atoms with Gasteiger partial charge in [0.05, 0.1) is 10.6 Å². The standard InChI is InChI=1S/C23H29NO3S/c1-3-15-24(21-11-10-19-6-4-5-7-20(19)17-21)23(25)14-16-28(26,27)22-12-8-18(2)9-13-22/h4-9,12-13,21H,3,10-11,14-17H2,1-2H3. The summed E-state index contributed by atoms with van der Waals surface area (Å²) >= 11 is 0. The van der Waals surface area contributed by atoms with Gasteiger partial charge in [-0.3, -0.25) is 4.79 Å². The number of benzene rings is 2. The van der Waals surface area contributed by atoms with Crippen LogP contribution in [0.2, 0.25) is 0 Å². The molecule has 2 aromatic carbocycles. The van der Waals surface area contributed by atoms with Crippen LogP contribution in [0.3, 0.4) is 0 Å². The molecular weight excluding hydrogens is 370 g/mol. The summed E-state index contributed by atoms with van der Waals surface area (Å²) in [6.07, 6.45) is 3.67. The van der Waals surface area contributed by atoms with Crippen LogP contribution in [0.4, 0.5) is 0 Å². The summed E-state index contributed by atoms with van der Waals surface area (Å²) in [4.78, 5) is 15.1. The van der Waals surface area contributed by atoms with E-state index in [1.54, 1.807) is 24.3 Å².